The number of hydrogen-bond acceptors (Lipinski definition) is 6. The lowest BCUT2D eigenvalue weighted by molar-refractivity contribution is 0.0769. The molecule has 1 unspecified atom stereocenters. The molecule has 1 aromatic rings. The Balaban J connectivity index is 1.61. The lowest BCUT2D eigenvalue weighted by Crippen LogP contribution is -2.43. The highest BCUT2D eigenvalue weighted by atomic mass is 16.6. The smallest absolute Gasteiger partial charge is 0.410 e. The number of nitrogens with zero attached hydrogens (tertiary/aromatic N) is 2. The third-order valence-electron chi connectivity index (χ3n) is 6.82. The normalized spacial score (nSPS) is 19.1. The van der Waals surface area contributed by atoms with Crippen molar-refractivity contribution >= 4 is 11.8 Å². The zero-order chi connectivity index (χ0) is 22.4. The first-order valence-corrected chi connectivity index (χ1v) is 11.5. The average molecular weight is 431 g/mol. The van der Waals surface area contributed by atoms with E-state index in [0.717, 1.165) is 24.2 Å². The summed E-state index contributed by atoms with van der Waals surface area (Å²) in [6.07, 6.45) is 9.52. The van der Waals surface area contributed by atoms with Crippen molar-refractivity contribution in [3.63, 3.8) is 0 Å². The second-order valence-electron chi connectivity index (χ2n) is 8.97. The van der Waals surface area contributed by atoms with Crippen LogP contribution in [0.3, 0.4) is 0 Å². The predicted molar refractivity (Wildman–Crippen MR) is 123 cm³/mol. The maximum absolute atomic E-state index is 12.5. The van der Waals surface area contributed by atoms with Crippen LogP contribution < -0.4 is 16.3 Å². The number of nitrogens with two attached hydrogens (primary N) is 2. The Morgan fingerprint density at radius 2 is 1.71 bits per heavy atom. The van der Waals surface area contributed by atoms with Crippen molar-refractivity contribution < 1.29 is 14.3 Å². The van der Waals surface area contributed by atoms with Gasteiger partial charge in [-0.25, -0.2) is 10.6 Å². The van der Waals surface area contributed by atoms with Crippen LogP contribution in [0.4, 0.5) is 4.79 Å². The average Bonchev–Trinajstić information content (AvgIpc) is 2.72. The molecule has 1 atom stereocenters. The molecule has 0 aliphatic heterocycles. The van der Waals surface area contributed by atoms with Crippen LogP contribution in [0.25, 0.3) is 5.70 Å². The number of hydrogen-bond donors (Lipinski definition) is 2. The van der Waals surface area contributed by atoms with E-state index in [4.69, 9.17) is 21.1 Å². The lowest BCUT2D eigenvalue weighted by atomic mass is 9.80. The molecule has 2 fully saturated rings. The van der Waals surface area contributed by atoms with Crippen LogP contribution in [0.5, 0.6) is 5.75 Å². The predicted octanol–water partition coefficient (Wildman–Crippen LogP) is 4.09. The van der Waals surface area contributed by atoms with Crippen LogP contribution in [-0.4, -0.2) is 48.9 Å². The number of likely N-dealkylation sites (N-methyl/N-ethyl adjacent to an activating group) is 1. The van der Waals surface area contributed by atoms with Gasteiger partial charge in [0, 0.05) is 20.1 Å². The molecule has 3 rings (SSSR count). The van der Waals surface area contributed by atoms with E-state index in [-0.39, 0.29) is 18.7 Å². The molecule has 0 saturated heterocycles. The molecule has 0 bridgehead atoms. The highest BCUT2D eigenvalue weighted by Crippen LogP contribution is 2.32. The van der Waals surface area contributed by atoms with E-state index < -0.39 is 0 Å². The molecule has 31 heavy (non-hydrogen) atoms. The van der Waals surface area contributed by atoms with Gasteiger partial charge in [-0.1, -0.05) is 12.8 Å². The summed E-state index contributed by atoms with van der Waals surface area (Å²) in [7, 11) is 3.48. The Hall–Kier alpha value is -2.41. The van der Waals surface area contributed by atoms with Crippen molar-refractivity contribution in [1.82, 2.24) is 9.91 Å². The molecule has 2 saturated carbocycles. The topological polar surface area (TPSA) is 94.0 Å². The number of ether oxygens (including phenoxy) is 2. The highest BCUT2D eigenvalue weighted by molar-refractivity contribution is 5.69. The van der Waals surface area contributed by atoms with Crippen LogP contribution in [-0.2, 0) is 4.74 Å². The number of hydrazine groups is 1. The summed E-state index contributed by atoms with van der Waals surface area (Å²) in [5.41, 5.74) is 8.24. The molecule has 1 aromatic carbocycles. The molecule has 2 aliphatic carbocycles. The number of rotatable bonds is 8. The van der Waals surface area contributed by atoms with E-state index in [0.29, 0.717) is 23.4 Å². The number of carbonyl (C=O) groups excluding carboxylic acids is 1. The minimum absolute atomic E-state index is 0.0136. The summed E-state index contributed by atoms with van der Waals surface area (Å²) < 4.78 is 11.6. The summed E-state index contributed by atoms with van der Waals surface area (Å²) in [4.78, 5) is 14.2. The summed E-state index contributed by atoms with van der Waals surface area (Å²) >= 11 is 0. The molecule has 0 radical (unpaired) electrons. The van der Waals surface area contributed by atoms with E-state index >= 15 is 0 Å². The van der Waals surface area contributed by atoms with Gasteiger partial charge < -0.3 is 25.1 Å². The van der Waals surface area contributed by atoms with Crippen LogP contribution in [0.2, 0.25) is 0 Å². The zero-order valence-corrected chi connectivity index (χ0v) is 19.2. The fourth-order valence-corrected chi connectivity index (χ4v) is 4.26. The maximum Gasteiger partial charge on any atom is 0.410 e. The van der Waals surface area contributed by atoms with E-state index in [1.807, 2.05) is 24.3 Å². The number of benzene rings is 1. The molecule has 1 amide bonds. The molecule has 7 heteroatoms. The van der Waals surface area contributed by atoms with E-state index in [9.17, 15) is 4.79 Å². The second-order valence-corrected chi connectivity index (χ2v) is 8.97. The third kappa shape index (κ3) is 6.06. The van der Waals surface area contributed by atoms with Crippen molar-refractivity contribution in [1.29, 1.82) is 0 Å². The summed E-state index contributed by atoms with van der Waals surface area (Å²) in [5, 5.41) is 1.41. The monoisotopic (exact) mass is 430 g/mol. The lowest BCUT2D eigenvalue weighted by Gasteiger charge is -2.36. The van der Waals surface area contributed by atoms with Crippen LogP contribution >= 0.6 is 0 Å². The fraction of sp³-hybridized carbons (Fsp3) is 0.625. The van der Waals surface area contributed by atoms with Crippen LogP contribution in [0.15, 0.2) is 30.0 Å². The van der Waals surface area contributed by atoms with E-state index in [2.05, 4.69) is 6.92 Å². The van der Waals surface area contributed by atoms with Crippen LogP contribution in [0, 0.1) is 5.92 Å². The molecule has 0 spiro atoms. The highest BCUT2D eigenvalue weighted by Gasteiger charge is 2.29. The van der Waals surface area contributed by atoms with Crippen molar-refractivity contribution in [3.05, 3.63) is 35.5 Å². The molecule has 0 aromatic heterocycles. The summed E-state index contributed by atoms with van der Waals surface area (Å²) in [6, 6.07) is 7.88. The van der Waals surface area contributed by atoms with Gasteiger partial charge in [-0.2, -0.15) is 0 Å². The third-order valence-corrected chi connectivity index (χ3v) is 6.82. The van der Waals surface area contributed by atoms with E-state index in [1.54, 1.807) is 19.0 Å². The van der Waals surface area contributed by atoms with Gasteiger partial charge in [0.1, 0.15) is 12.4 Å². The van der Waals surface area contributed by atoms with Gasteiger partial charge >= 0.3 is 6.09 Å². The first-order valence-electron chi connectivity index (χ1n) is 11.5. The molecule has 2 aliphatic rings. The first kappa shape index (κ1) is 23.3. The van der Waals surface area contributed by atoms with Crippen molar-refractivity contribution in [3.8, 4) is 5.75 Å². The Morgan fingerprint density at radius 3 is 2.26 bits per heavy atom. The SMILES string of the molecule is CC(C1CCC1)N(C)C(=O)OC/C(=C(/N)c1ccc(OC2CCCCC2)cc1)N(C)N. The van der Waals surface area contributed by atoms with Crippen molar-refractivity contribution in [2.45, 2.75) is 70.4 Å². The van der Waals surface area contributed by atoms with Gasteiger partial charge in [-0.15, -0.1) is 0 Å². The van der Waals surface area contributed by atoms with Gasteiger partial charge in [0.25, 0.3) is 0 Å². The summed E-state index contributed by atoms with van der Waals surface area (Å²) in [6.45, 7) is 2.09. The Kier molecular flexibility index (Phi) is 8.07. The van der Waals surface area contributed by atoms with Crippen LogP contribution in [0.1, 0.15) is 63.9 Å². The molecular formula is C24H38N4O3. The van der Waals surface area contributed by atoms with Gasteiger partial charge in [0.2, 0.25) is 0 Å². The van der Waals surface area contributed by atoms with Gasteiger partial charge in [0.15, 0.2) is 0 Å². The molecule has 4 N–H and O–H groups in total. The Morgan fingerprint density at radius 1 is 1.06 bits per heavy atom. The van der Waals surface area contributed by atoms with E-state index in [1.165, 1.54) is 43.5 Å². The molecular weight excluding hydrogens is 392 g/mol. The van der Waals surface area contributed by atoms with Gasteiger partial charge in [-0.05, 0) is 81.2 Å². The Bertz CT molecular complexity index is 753. The molecule has 172 valence electrons. The minimum atomic E-state index is -0.359. The molecule has 0 heterocycles. The van der Waals surface area contributed by atoms with Crippen molar-refractivity contribution in [2.24, 2.45) is 17.5 Å². The quantitative estimate of drug-likeness (QED) is 0.477. The largest absolute Gasteiger partial charge is 0.490 e. The fourth-order valence-electron chi connectivity index (χ4n) is 4.26. The van der Waals surface area contributed by atoms with Gasteiger partial charge in [0.05, 0.1) is 17.5 Å². The first-order chi connectivity index (χ1) is 14.9. The standard InChI is InChI=1S/C24H38N4O3/c1-17(18-8-7-9-18)27(2)24(29)30-16-22(28(3)26)23(25)19-12-14-21(15-13-19)31-20-10-5-4-6-11-20/h12-15,17-18,20H,4-11,16,25-26H2,1-3H3/b23-22-. The molecule has 7 nitrogen and oxygen atoms in total. The number of carbonyl (C=O) groups is 1. The number of amides is 1. The zero-order valence-electron chi connectivity index (χ0n) is 19.2. The van der Waals surface area contributed by atoms with Gasteiger partial charge in [-0.3, -0.25) is 0 Å². The minimum Gasteiger partial charge on any atom is -0.490 e. The Labute approximate surface area is 186 Å². The maximum atomic E-state index is 12.5. The van der Waals surface area contributed by atoms with Crippen molar-refractivity contribution in [2.75, 3.05) is 20.7 Å². The summed E-state index contributed by atoms with van der Waals surface area (Å²) in [5.74, 6) is 7.41. The second kappa shape index (κ2) is 10.8.